The predicted octanol–water partition coefficient (Wildman–Crippen LogP) is 2.58. The summed E-state index contributed by atoms with van der Waals surface area (Å²) in [6, 6.07) is 6.66. The van der Waals surface area contributed by atoms with Crippen LogP contribution in [0.4, 0.5) is 0 Å². The lowest BCUT2D eigenvalue weighted by molar-refractivity contribution is -0.124. The minimum atomic E-state index is -0.563. The summed E-state index contributed by atoms with van der Waals surface area (Å²) in [7, 11) is 0. The van der Waals surface area contributed by atoms with E-state index in [2.05, 4.69) is 10.6 Å². The van der Waals surface area contributed by atoms with E-state index < -0.39 is 6.04 Å². The molecule has 1 aliphatic rings. The number of halogens is 1. The van der Waals surface area contributed by atoms with Crippen molar-refractivity contribution in [1.82, 2.24) is 10.6 Å². The van der Waals surface area contributed by atoms with E-state index in [-0.39, 0.29) is 23.9 Å². The molecule has 138 valence electrons. The molecule has 1 atom stereocenters. The average molecular weight is 384 g/mol. The van der Waals surface area contributed by atoms with E-state index in [0.717, 1.165) is 31.4 Å². The van der Waals surface area contributed by atoms with E-state index >= 15 is 0 Å². The molecule has 1 saturated carbocycles. The maximum atomic E-state index is 12.7. The molecule has 25 heavy (non-hydrogen) atoms. The van der Waals surface area contributed by atoms with Gasteiger partial charge in [0.1, 0.15) is 6.04 Å². The quantitative estimate of drug-likeness (QED) is 0.675. The molecular formula is C18H26ClN3O2S. The lowest BCUT2D eigenvalue weighted by atomic mass is 9.91. The fourth-order valence-electron chi connectivity index (χ4n) is 2.95. The van der Waals surface area contributed by atoms with E-state index in [0.29, 0.717) is 17.0 Å². The van der Waals surface area contributed by atoms with Crippen LogP contribution in [-0.4, -0.2) is 41.9 Å². The lowest BCUT2D eigenvalue weighted by Crippen LogP contribution is -2.51. The molecule has 0 radical (unpaired) electrons. The lowest BCUT2D eigenvalue weighted by Gasteiger charge is -2.28. The number of hydrogen-bond donors (Lipinski definition) is 3. The summed E-state index contributed by atoms with van der Waals surface area (Å²) in [6.45, 7) is 0. The minimum Gasteiger partial charge on any atom is -0.352 e. The van der Waals surface area contributed by atoms with Crippen molar-refractivity contribution in [2.75, 3.05) is 12.0 Å². The summed E-state index contributed by atoms with van der Waals surface area (Å²) < 4.78 is 0. The van der Waals surface area contributed by atoms with E-state index in [4.69, 9.17) is 17.3 Å². The van der Waals surface area contributed by atoms with Gasteiger partial charge in [-0.15, -0.1) is 0 Å². The highest BCUT2D eigenvalue weighted by molar-refractivity contribution is 7.98. The molecule has 0 saturated heterocycles. The van der Waals surface area contributed by atoms with Gasteiger partial charge in [0.25, 0.3) is 5.91 Å². The Balaban J connectivity index is 1.98. The maximum absolute atomic E-state index is 12.7. The Labute approximate surface area is 158 Å². The Morgan fingerprint density at radius 2 is 1.96 bits per heavy atom. The molecule has 1 aliphatic carbocycles. The minimum absolute atomic E-state index is 0.130. The molecule has 0 aliphatic heterocycles. The maximum Gasteiger partial charge on any atom is 0.253 e. The molecule has 5 nitrogen and oxygen atoms in total. The number of nitrogens with two attached hydrogens (primary N) is 1. The normalized spacial score (nSPS) is 21.4. The van der Waals surface area contributed by atoms with Crippen LogP contribution in [0.2, 0.25) is 5.02 Å². The highest BCUT2D eigenvalue weighted by atomic mass is 35.5. The van der Waals surface area contributed by atoms with Crippen LogP contribution in [0.3, 0.4) is 0 Å². The Bertz CT molecular complexity index is 591. The van der Waals surface area contributed by atoms with Crippen LogP contribution in [0, 0.1) is 0 Å². The Morgan fingerprint density at radius 1 is 1.28 bits per heavy atom. The third-order valence-electron chi connectivity index (χ3n) is 4.47. The van der Waals surface area contributed by atoms with Crippen molar-refractivity contribution in [3.8, 4) is 0 Å². The van der Waals surface area contributed by atoms with Gasteiger partial charge in [0.15, 0.2) is 0 Å². The van der Waals surface area contributed by atoms with Crippen molar-refractivity contribution < 1.29 is 9.59 Å². The summed E-state index contributed by atoms with van der Waals surface area (Å²) in [5.41, 5.74) is 6.30. The zero-order valence-corrected chi connectivity index (χ0v) is 16.0. The van der Waals surface area contributed by atoms with Gasteiger partial charge in [-0.05, 0) is 56.2 Å². The van der Waals surface area contributed by atoms with Crippen LogP contribution in [0.15, 0.2) is 24.3 Å². The smallest absolute Gasteiger partial charge is 0.253 e. The van der Waals surface area contributed by atoms with E-state index in [1.807, 2.05) is 6.26 Å². The summed E-state index contributed by atoms with van der Waals surface area (Å²) in [4.78, 5) is 25.1. The standard InChI is InChI=1S/C18H26ClN3O2S/c1-25-11-10-16(18(24)21-13-8-6-12(20)7-9-13)22-17(23)14-4-2-3-5-15(14)19/h2-5,12-13,16H,6-11,20H2,1H3,(H,21,24)(H,22,23). The van der Waals surface area contributed by atoms with Crippen molar-refractivity contribution in [3.05, 3.63) is 34.9 Å². The number of nitrogens with one attached hydrogen (secondary N) is 2. The first-order chi connectivity index (χ1) is 12.0. The van der Waals surface area contributed by atoms with Gasteiger partial charge in [-0.25, -0.2) is 0 Å². The van der Waals surface area contributed by atoms with Crippen LogP contribution in [-0.2, 0) is 4.79 Å². The molecule has 2 rings (SSSR count). The van der Waals surface area contributed by atoms with Gasteiger partial charge in [-0.1, -0.05) is 23.7 Å². The largest absolute Gasteiger partial charge is 0.352 e. The molecule has 7 heteroatoms. The van der Waals surface area contributed by atoms with E-state index in [9.17, 15) is 9.59 Å². The third kappa shape index (κ3) is 6.20. The molecule has 0 heterocycles. The summed E-state index contributed by atoms with van der Waals surface area (Å²) in [5, 5.41) is 6.28. The summed E-state index contributed by atoms with van der Waals surface area (Å²) >= 11 is 7.72. The first kappa shape index (κ1) is 20.1. The first-order valence-corrected chi connectivity index (χ1v) is 10.4. The van der Waals surface area contributed by atoms with Crippen molar-refractivity contribution in [2.45, 2.75) is 50.2 Å². The number of carbonyl (C=O) groups is 2. The van der Waals surface area contributed by atoms with E-state index in [1.165, 1.54) is 0 Å². The number of rotatable bonds is 7. The van der Waals surface area contributed by atoms with Crippen molar-refractivity contribution in [2.24, 2.45) is 5.73 Å². The SMILES string of the molecule is CSCCC(NC(=O)c1ccccc1Cl)C(=O)NC1CCC(N)CC1. The van der Waals surface area contributed by atoms with Crippen LogP contribution < -0.4 is 16.4 Å². The van der Waals surface area contributed by atoms with Gasteiger partial charge in [0.05, 0.1) is 10.6 Å². The molecule has 4 N–H and O–H groups in total. The summed E-state index contributed by atoms with van der Waals surface area (Å²) in [5.74, 6) is 0.337. The van der Waals surface area contributed by atoms with Gasteiger partial charge in [-0.3, -0.25) is 9.59 Å². The third-order valence-corrected chi connectivity index (χ3v) is 5.44. The predicted molar refractivity (Wildman–Crippen MR) is 104 cm³/mol. The van der Waals surface area contributed by atoms with Crippen LogP contribution in [0.1, 0.15) is 42.5 Å². The molecular weight excluding hydrogens is 358 g/mol. The van der Waals surface area contributed by atoms with Gasteiger partial charge in [0.2, 0.25) is 5.91 Å². The highest BCUT2D eigenvalue weighted by Gasteiger charge is 2.26. The molecule has 0 aromatic heterocycles. The molecule has 2 amide bonds. The van der Waals surface area contributed by atoms with E-state index in [1.54, 1.807) is 36.0 Å². The van der Waals surface area contributed by atoms with Crippen LogP contribution in [0.5, 0.6) is 0 Å². The van der Waals surface area contributed by atoms with Crippen molar-refractivity contribution in [1.29, 1.82) is 0 Å². The van der Waals surface area contributed by atoms with Crippen molar-refractivity contribution >= 4 is 35.2 Å². The number of amides is 2. The Morgan fingerprint density at radius 3 is 2.60 bits per heavy atom. The Hall–Kier alpha value is -1.24. The second-order valence-electron chi connectivity index (χ2n) is 6.41. The van der Waals surface area contributed by atoms with Crippen LogP contribution >= 0.6 is 23.4 Å². The van der Waals surface area contributed by atoms with Gasteiger partial charge in [0, 0.05) is 12.1 Å². The topological polar surface area (TPSA) is 84.2 Å². The Kier molecular flexibility index (Phi) is 8.06. The number of thioether (sulfide) groups is 1. The molecule has 1 unspecified atom stereocenters. The fourth-order valence-corrected chi connectivity index (χ4v) is 3.64. The van der Waals surface area contributed by atoms with Crippen LogP contribution in [0.25, 0.3) is 0 Å². The van der Waals surface area contributed by atoms with Gasteiger partial charge >= 0.3 is 0 Å². The highest BCUT2D eigenvalue weighted by Crippen LogP contribution is 2.18. The van der Waals surface area contributed by atoms with Crippen molar-refractivity contribution in [3.63, 3.8) is 0 Å². The fraction of sp³-hybridized carbons (Fsp3) is 0.556. The molecule has 1 fully saturated rings. The first-order valence-electron chi connectivity index (χ1n) is 8.61. The second-order valence-corrected chi connectivity index (χ2v) is 7.80. The summed E-state index contributed by atoms with van der Waals surface area (Å²) in [6.07, 6.45) is 6.18. The van der Waals surface area contributed by atoms with Gasteiger partial charge < -0.3 is 16.4 Å². The van der Waals surface area contributed by atoms with Gasteiger partial charge in [-0.2, -0.15) is 11.8 Å². The molecule has 0 spiro atoms. The zero-order chi connectivity index (χ0) is 18.2. The molecule has 1 aromatic rings. The molecule has 1 aromatic carbocycles. The number of hydrogen-bond acceptors (Lipinski definition) is 4. The monoisotopic (exact) mass is 383 g/mol. The number of benzene rings is 1. The molecule has 0 bridgehead atoms. The number of carbonyl (C=O) groups excluding carboxylic acids is 2. The average Bonchev–Trinajstić information content (AvgIpc) is 2.60. The second kappa shape index (κ2) is 10.0. The zero-order valence-electron chi connectivity index (χ0n) is 14.5.